The van der Waals surface area contributed by atoms with Crippen LogP contribution in [0, 0.1) is 22.7 Å². The van der Waals surface area contributed by atoms with Gasteiger partial charge in [-0.05, 0) is 66.0 Å². The lowest BCUT2D eigenvalue weighted by atomic mass is 9.46. The number of aliphatic hydroxyl groups excluding tert-OH is 2. The van der Waals surface area contributed by atoms with Gasteiger partial charge in [-0.3, -0.25) is 0 Å². The Morgan fingerprint density at radius 1 is 0.909 bits per heavy atom. The van der Waals surface area contributed by atoms with Gasteiger partial charge in [-0.2, -0.15) is 0 Å². The summed E-state index contributed by atoms with van der Waals surface area (Å²) in [5, 5.41) is 22.1. The lowest BCUT2D eigenvalue weighted by Crippen LogP contribution is -2.58. The predicted octanol–water partition coefficient (Wildman–Crippen LogP) is 6.98. The van der Waals surface area contributed by atoms with E-state index >= 15 is 0 Å². The Balaban J connectivity index is 1.39. The van der Waals surface area contributed by atoms with E-state index in [9.17, 15) is 15.0 Å². The van der Waals surface area contributed by atoms with Crippen LogP contribution in [0.1, 0.15) is 62.6 Å². The second kappa shape index (κ2) is 12.1. The van der Waals surface area contributed by atoms with Gasteiger partial charge in [0.15, 0.2) is 0 Å². The van der Waals surface area contributed by atoms with E-state index in [0.717, 1.165) is 36.0 Å². The minimum absolute atomic E-state index is 0.0176. The molecule has 1 saturated heterocycles. The largest absolute Gasteiger partial charge is 0.459 e. The lowest BCUT2D eigenvalue weighted by Gasteiger charge is -2.60. The third kappa shape index (κ3) is 5.15. The first kappa shape index (κ1) is 30.5. The van der Waals surface area contributed by atoms with Crippen LogP contribution < -0.4 is 0 Å². The molecular weight excluding hydrogens is 548 g/mol. The van der Waals surface area contributed by atoms with Crippen LogP contribution in [0.4, 0.5) is 0 Å². The Kier molecular flexibility index (Phi) is 8.40. The van der Waals surface area contributed by atoms with Crippen LogP contribution in [0.3, 0.4) is 0 Å². The summed E-state index contributed by atoms with van der Waals surface area (Å²) in [5.74, 6) is -0.159. The molecule has 2 aliphatic carbocycles. The molecule has 2 N–H and O–H groups in total. The number of ether oxygens (including phenoxy) is 2. The van der Waals surface area contributed by atoms with E-state index in [0.29, 0.717) is 25.0 Å². The van der Waals surface area contributed by atoms with Crippen LogP contribution in [0.5, 0.6) is 0 Å². The number of benzene rings is 3. The minimum Gasteiger partial charge on any atom is -0.459 e. The lowest BCUT2D eigenvalue weighted by molar-refractivity contribution is -0.175. The van der Waals surface area contributed by atoms with Crippen LogP contribution in [0.15, 0.2) is 115 Å². The van der Waals surface area contributed by atoms with Crippen molar-refractivity contribution < 1.29 is 24.5 Å². The highest BCUT2D eigenvalue weighted by Crippen LogP contribution is 2.62. The first-order valence-corrected chi connectivity index (χ1v) is 15.9. The van der Waals surface area contributed by atoms with Crippen molar-refractivity contribution in [1.29, 1.82) is 0 Å². The van der Waals surface area contributed by atoms with Crippen LogP contribution in [0.25, 0.3) is 0 Å². The zero-order valence-electron chi connectivity index (χ0n) is 25.8. The molecule has 230 valence electrons. The number of hydrogen-bond donors (Lipinski definition) is 2. The van der Waals surface area contributed by atoms with Gasteiger partial charge >= 0.3 is 5.97 Å². The number of rotatable bonds is 8. The topological polar surface area (TPSA) is 76.0 Å². The summed E-state index contributed by atoms with van der Waals surface area (Å²) >= 11 is 0. The van der Waals surface area contributed by atoms with E-state index in [1.807, 2.05) is 24.3 Å². The molecule has 44 heavy (non-hydrogen) atoms. The maximum atomic E-state index is 12.3. The molecule has 1 aliphatic heterocycles. The molecule has 2 saturated carbocycles. The zero-order valence-corrected chi connectivity index (χ0v) is 25.8. The third-order valence-electron chi connectivity index (χ3n) is 11.0. The van der Waals surface area contributed by atoms with Crippen molar-refractivity contribution in [3.63, 3.8) is 0 Å². The molecule has 1 unspecified atom stereocenters. The van der Waals surface area contributed by atoms with E-state index < -0.39 is 29.2 Å². The quantitative estimate of drug-likeness (QED) is 0.128. The number of esters is 1. The van der Waals surface area contributed by atoms with Gasteiger partial charge < -0.3 is 19.7 Å². The molecule has 5 nitrogen and oxygen atoms in total. The van der Waals surface area contributed by atoms with Gasteiger partial charge in [0, 0.05) is 5.41 Å². The Labute approximate surface area is 261 Å². The van der Waals surface area contributed by atoms with E-state index in [1.165, 1.54) is 5.57 Å². The summed E-state index contributed by atoms with van der Waals surface area (Å²) in [6.07, 6.45) is 4.36. The molecule has 6 atom stereocenters. The molecule has 0 amide bonds. The first-order valence-electron chi connectivity index (χ1n) is 15.9. The van der Waals surface area contributed by atoms with Gasteiger partial charge in [0.1, 0.15) is 18.3 Å². The number of carbonyl (C=O) groups is 1. The molecule has 0 radical (unpaired) electrons. The fraction of sp³-hybridized carbons (Fsp3) is 0.410. The molecule has 6 rings (SSSR count). The number of cyclic esters (lactones) is 1. The van der Waals surface area contributed by atoms with Gasteiger partial charge in [0.2, 0.25) is 0 Å². The Morgan fingerprint density at radius 2 is 1.45 bits per heavy atom. The number of aliphatic hydroxyl groups is 2. The normalized spacial score (nSPS) is 31.5. The molecule has 0 aromatic heterocycles. The van der Waals surface area contributed by atoms with E-state index in [1.54, 1.807) is 0 Å². The number of hydrogen-bond acceptors (Lipinski definition) is 5. The van der Waals surface area contributed by atoms with Gasteiger partial charge in [-0.25, -0.2) is 4.79 Å². The average molecular weight is 593 g/mol. The SMILES string of the molecule is C=C1CCC2[C@](C)(COC(c3ccccc3)(c3ccccc3)c3ccccc3)[C@H](O)CC[C@@]2(C)[C@@H]1C/C=C1/C(=O)OC[C@H]1O. The fourth-order valence-electron chi connectivity index (χ4n) is 8.58. The molecular formula is C39H44O5. The molecule has 3 aromatic rings. The van der Waals surface area contributed by atoms with Gasteiger partial charge in [0.05, 0.1) is 18.3 Å². The second-order valence-corrected chi connectivity index (χ2v) is 13.4. The number of carbonyl (C=O) groups excluding carboxylic acids is 1. The predicted molar refractivity (Wildman–Crippen MR) is 172 cm³/mol. The van der Waals surface area contributed by atoms with Crippen molar-refractivity contribution >= 4 is 5.97 Å². The number of allylic oxidation sites excluding steroid dienone is 2. The average Bonchev–Trinajstić information content (AvgIpc) is 3.37. The first-order chi connectivity index (χ1) is 21.2. The second-order valence-electron chi connectivity index (χ2n) is 13.4. The van der Waals surface area contributed by atoms with Crippen LogP contribution in [0.2, 0.25) is 0 Å². The molecule has 1 heterocycles. The van der Waals surface area contributed by atoms with Crippen LogP contribution in [-0.2, 0) is 19.9 Å². The number of fused-ring (bicyclic) bond motifs is 1. The van der Waals surface area contributed by atoms with Crippen molar-refractivity contribution in [2.45, 2.75) is 63.8 Å². The van der Waals surface area contributed by atoms with Crippen molar-refractivity contribution in [2.75, 3.05) is 13.2 Å². The standard InChI is InChI=1S/C39H44O5/c1-27-19-22-34-37(2,32(27)21-20-31-33(40)25-43-36(31)42)24-23-35(41)38(34,3)26-44-39(28-13-7-4-8-14-28,29-15-9-5-10-16-29)30-17-11-6-12-18-30/h4-18,20,32-35,40-41H,1,19,21-26H2,2-3H3/b31-20+/t32-,33-,34?,35-,37+,38+/m1/s1. The molecule has 0 spiro atoms. The van der Waals surface area contributed by atoms with E-state index in [2.05, 4.69) is 93.2 Å². The Bertz CT molecular complexity index is 1400. The summed E-state index contributed by atoms with van der Waals surface area (Å²) in [7, 11) is 0. The maximum absolute atomic E-state index is 12.3. The Hall–Kier alpha value is -3.51. The molecule has 3 fully saturated rings. The molecule has 3 aromatic carbocycles. The van der Waals surface area contributed by atoms with Crippen molar-refractivity contribution in [2.24, 2.45) is 22.7 Å². The third-order valence-corrected chi connectivity index (χ3v) is 11.0. The maximum Gasteiger partial charge on any atom is 0.336 e. The van der Waals surface area contributed by atoms with Crippen molar-refractivity contribution in [3.8, 4) is 0 Å². The highest BCUT2D eigenvalue weighted by Gasteiger charge is 2.58. The van der Waals surface area contributed by atoms with Crippen molar-refractivity contribution in [3.05, 3.63) is 131 Å². The Morgan fingerprint density at radius 3 is 1.95 bits per heavy atom. The summed E-state index contributed by atoms with van der Waals surface area (Å²) in [5.41, 5.74) is 3.08. The van der Waals surface area contributed by atoms with Gasteiger partial charge in [0.25, 0.3) is 0 Å². The highest BCUT2D eigenvalue weighted by atomic mass is 16.6. The summed E-state index contributed by atoms with van der Waals surface area (Å²) in [4.78, 5) is 12.3. The summed E-state index contributed by atoms with van der Waals surface area (Å²) in [6.45, 7) is 9.39. The summed E-state index contributed by atoms with van der Waals surface area (Å²) in [6, 6.07) is 31.1. The zero-order chi connectivity index (χ0) is 31.0. The van der Waals surface area contributed by atoms with Crippen LogP contribution >= 0.6 is 0 Å². The highest BCUT2D eigenvalue weighted by molar-refractivity contribution is 5.91. The fourth-order valence-corrected chi connectivity index (χ4v) is 8.58. The van der Waals surface area contributed by atoms with Gasteiger partial charge in [-0.1, -0.05) is 123 Å². The molecule has 5 heteroatoms. The van der Waals surface area contributed by atoms with E-state index in [4.69, 9.17) is 9.47 Å². The van der Waals surface area contributed by atoms with Crippen molar-refractivity contribution in [1.82, 2.24) is 0 Å². The minimum atomic E-state index is -0.878. The monoisotopic (exact) mass is 592 g/mol. The van der Waals surface area contributed by atoms with Crippen LogP contribution in [-0.4, -0.2) is 41.6 Å². The smallest absolute Gasteiger partial charge is 0.336 e. The molecule has 3 aliphatic rings. The van der Waals surface area contributed by atoms with Gasteiger partial charge in [-0.15, -0.1) is 0 Å². The summed E-state index contributed by atoms with van der Waals surface area (Å²) < 4.78 is 12.4. The molecule has 0 bridgehead atoms. The van der Waals surface area contributed by atoms with E-state index in [-0.39, 0.29) is 23.9 Å².